The number of cyclic esters (lactones) is 1. The van der Waals surface area contributed by atoms with E-state index >= 15 is 0 Å². The van der Waals surface area contributed by atoms with Crippen LogP contribution < -0.4 is 4.90 Å². The number of anilines is 1. The number of esters is 1. The number of hydrogen-bond donors (Lipinski definition) is 0. The van der Waals surface area contributed by atoms with Gasteiger partial charge in [0.25, 0.3) is 0 Å². The molecule has 0 saturated carbocycles. The van der Waals surface area contributed by atoms with Crippen molar-refractivity contribution in [3.05, 3.63) is 29.8 Å². The lowest BCUT2D eigenvalue weighted by molar-refractivity contribution is 0.0600. The molecule has 1 aromatic carbocycles. The maximum atomic E-state index is 11.6. The molecule has 0 bridgehead atoms. The minimum Gasteiger partial charge on any atom is -0.465 e. The van der Waals surface area contributed by atoms with E-state index in [1.165, 1.54) is 7.11 Å². The van der Waals surface area contributed by atoms with Crippen molar-refractivity contribution in [2.45, 2.75) is 19.4 Å². The lowest BCUT2D eigenvalue weighted by Gasteiger charge is -2.20. The van der Waals surface area contributed by atoms with Crippen molar-refractivity contribution in [3.8, 4) is 0 Å². The molecule has 0 aliphatic carbocycles. The van der Waals surface area contributed by atoms with Crippen LogP contribution in [0.4, 0.5) is 10.5 Å². The first kappa shape index (κ1) is 12.4. The fourth-order valence-electron chi connectivity index (χ4n) is 1.95. The van der Waals surface area contributed by atoms with E-state index in [-0.39, 0.29) is 12.1 Å². The summed E-state index contributed by atoms with van der Waals surface area (Å²) in [5.41, 5.74) is 1.19. The molecule has 1 heterocycles. The van der Waals surface area contributed by atoms with Crippen LogP contribution in [0.15, 0.2) is 24.3 Å². The molecule has 1 amide bonds. The van der Waals surface area contributed by atoms with Crippen molar-refractivity contribution < 1.29 is 19.1 Å². The summed E-state index contributed by atoms with van der Waals surface area (Å²) in [4.78, 5) is 24.5. The Kier molecular flexibility index (Phi) is 3.50. The predicted octanol–water partition coefficient (Wildman–Crippen LogP) is 2.21. The molecule has 96 valence electrons. The molecule has 18 heavy (non-hydrogen) atoms. The van der Waals surface area contributed by atoms with Gasteiger partial charge in [0.05, 0.1) is 18.7 Å². The Morgan fingerprint density at radius 2 is 2.11 bits per heavy atom. The normalized spacial score (nSPS) is 18.7. The number of rotatable bonds is 3. The summed E-state index contributed by atoms with van der Waals surface area (Å²) in [6.45, 7) is 2.41. The summed E-state index contributed by atoms with van der Waals surface area (Å²) >= 11 is 0. The van der Waals surface area contributed by atoms with Gasteiger partial charge in [-0.05, 0) is 30.7 Å². The van der Waals surface area contributed by atoms with Crippen molar-refractivity contribution in [1.29, 1.82) is 0 Å². The van der Waals surface area contributed by atoms with Crippen LogP contribution in [-0.4, -0.2) is 31.8 Å². The molecule has 1 atom stereocenters. The molecule has 0 radical (unpaired) electrons. The zero-order valence-electron chi connectivity index (χ0n) is 10.4. The highest BCUT2D eigenvalue weighted by atomic mass is 16.6. The molecule has 1 fully saturated rings. The van der Waals surface area contributed by atoms with Crippen molar-refractivity contribution in [2.75, 3.05) is 18.6 Å². The second kappa shape index (κ2) is 5.08. The molecule has 0 spiro atoms. The van der Waals surface area contributed by atoms with Crippen LogP contribution in [0.25, 0.3) is 0 Å². The first-order valence-electron chi connectivity index (χ1n) is 5.81. The number of nitrogens with zero attached hydrogens (tertiary/aromatic N) is 1. The molecule has 5 nitrogen and oxygen atoms in total. The Balaban J connectivity index is 2.23. The smallest absolute Gasteiger partial charge is 0.414 e. The Morgan fingerprint density at radius 3 is 2.67 bits per heavy atom. The van der Waals surface area contributed by atoms with Crippen LogP contribution in [0.2, 0.25) is 0 Å². The Hall–Kier alpha value is -2.04. The number of benzene rings is 1. The van der Waals surface area contributed by atoms with Gasteiger partial charge in [0.2, 0.25) is 0 Å². The standard InChI is InChI=1S/C13H15NO4/c1-3-10-8-18-13(16)14(10)11-6-4-9(5-7-11)12(15)17-2/h4-7,10H,3,8H2,1-2H3/t10-/m1/s1. The van der Waals surface area contributed by atoms with Gasteiger partial charge in [-0.25, -0.2) is 9.59 Å². The molecule has 1 aliphatic heterocycles. The van der Waals surface area contributed by atoms with Crippen molar-refractivity contribution >= 4 is 17.7 Å². The summed E-state index contributed by atoms with van der Waals surface area (Å²) in [5.74, 6) is -0.391. The van der Waals surface area contributed by atoms with E-state index in [9.17, 15) is 9.59 Å². The number of carbonyl (C=O) groups is 2. The number of methoxy groups -OCH3 is 1. The molecular weight excluding hydrogens is 234 g/mol. The van der Waals surface area contributed by atoms with Gasteiger partial charge in [-0.15, -0.1) is 0 Å². The van der Waals surface area contributed by atoms with Gasteiger partial charge in [-0.3, -0.25) is 4.90 Å². The fraction of sp³-hybridized carbons (Fsp3) is 0.385. The van der Waals surface area contributed by atoms with E-state index in [0.717, 1.165) is 12.1 Å². The van der Waals surface area contributed by atoms with Gasteiger partial charge >= 0.3 is 12.1 Å². The summed E-state index contributed by atoms with van der Waals surface area (Å²) in [6, 6.07) is 6.78. The van der Waals surface area contributed by atoms with Crippen LogP contribution in [0.5, 0.6) is 0 Å². The molecule has 1 saturated heterocycles. The number of ether oxygens (including phenoxy) is 2. The van der Waals surface area contributed by atoms with Crippen LogP contribution >= 0.6 is 0 Å². The molecule has 0 aromatic heterocycles. The van der Waals surface area contributed by atoms with E-state index in [4.69, 9.17) is 4.74 Å². The zero-order chi connectivity index (χ0) is 13.1. The third-order valence-electron chi connectivity index (χ3n) is 3.00. The second-order valence-electron chi connectivity index (χ2n) is 4.05. The summed E-state index contributed by atoms with van der Waals surface area (Å²) < 4.78 is 9.64. The largest absolute Gasteiger partial charge is 0.465 e. The minimum atomic E-state index is -0.391. The van der Waals surface area contributed by atoms with Crippen LogP contribution in [0.1, 0.15) is 23.7 Å². The highest BCUT2D eigenvalue weighted by molar-refractivity contribution is 5.93. The quantitative estimate of drug-likeness (QED) is 0.771. The maximum Gasteiger partial charge on any atom is 0.414 e. The molecule has 1 aliphatic rings. The van der Waals surface area contributed by atoms with Crippen LogP contribution in [0.3, 0.4) is 0 Å². The van der Waals surface area contributed by atoms with Gasteiger partial charge in [0, 0.05) is 5.69 Å². The lowest BCUT2D eigenvalue weighted by Crippen LogP contribution is -2.32. The molecule has 0 unspecified atom stereocenters. The van der Waals surface area contributed by atoms with E-state index in [0.29, 0.717) is 12.2 Å². The van der Waals surface area contributed by atoms with Gasteiger partial charge < -0.3 is 9.47 Å². The van der Waals surface area contributed by atoms with E-state index in [2.05, 4.69) is 4.74 Å². The average molecular weight is 249 g/mol. The predicted molar refractivity (Wildman–Crippen MR) is 65.7 cm³/mol. The average Bonchev–Trinajstić information content (AvgIpc) is 2.79. The third kappa shape index (κ3) is 2.16. The summed E-state index contributed by atoms with van der Waals surface area (Å²) in [6.07, 6.45) is 0.484. The number of hydrogen-bond acceptors (Lipinski definition) is 4. The third-order valence-corrected chi connectivity index (χ3v) is 3.00. The zero-order valence-corrected chi connectivity index (χ0v) is 10.4. The molecule has 1 aromatic rings. The summed E-state index contributed by atoms with van der Waals surface area (Å²) in [7, 11) is 1.33. The van der Waals surface area contributed by atoms with Crippen molar-refractivity contribution in [3.63, 3.8) is 0 Å². The molecule has 2 rings (SSSR count). The van der Waals surface area contributed by atoms with Crippen LogP contribution in [-0.2, 0) is 9.47 Å². The number of amides is 1. The molecule has 0 N–H and O–H groups in total. The van der Waals surface area contributed by atoms with Gasteiger partial charge in [0.15, 0.2) is 0 Å². The highest BCUT2D eigenvalue weighted by Gasteiger charge is 2.32. The van der Waals surface area contributed by atoms with Crippen LogP contribution in [0, 0.1) is 0 Å². The monoisotopic (exact) mass is 249 g/mol. The van der Waals surface area contributed by atoms with Gasteiger partial charge in [-0.1, -0.05) is 6.92 Å². The number of carbonyl (C=O) groups excluding carboxylic acids is 2. The first-order chi connectivity index (χ1) is 8.67. The van der Waals surface area contributed by atoms with E-state index in [1.807, 2.05) is 6.92 Å². The maximum absolute atomic E-state index is 11.6. The van der Waals surface area contributed by atoms with Gasteiger partial charge in [-0.2, -0.15) is 0 Å². The highest BCUT2D eigenvalue weighted by Crippen LogP contribution is 2.25. The Labute approximate surface area is 105 Å². The minimum absolute atomic E-state index is 0.0569. The second-order valence-corrected chi connectivity index (χ2v) is 4.05. The van der Waals surface area contributed by atoms with Crippen molar-refractivity contribution in [1.82, 2.24) is 0 Å². The van der Waals surface area contributed by atoms with E-state index in [1.54, 1.807) is 29.2 Å². The lowest BCUT2D eigenvalue weighted by atomic mass is 10.1. The molecule has 5 heteroatoms. The molecular formula is C13H15NO4. The fourth-order valence-corrected chi connectivity index (χ4v) is 1.95. The SMILES string of the molecule is CC[C@@H]1COC(=O)N1c1ccc(C(=O)OC)cc1. The van der Waals surface area contributed by atoms with Crippen molar-refractivity contribution in [2.24, 2.45) is 0 Å². The topological polar surface area (TPSA) is 55.8 Å². The van der Waals surface area contributed by atoms with E-state index < -0.39 is 5.97 Å². The summed E-state index contributed by atoms with van der Waals surface area (Å²) in [5, 5.41) is 0. The first-order valence-corrected chi connectivity index (χ1v) is 5.81. The van der Waals surface area contributed by atoms with Gasteiger partial charge in [0.1, 0.15) is 6.61 Å². The Morgan fingerprint density at radius 1 is 1.44 bits per heavy atom. The Bertz CT molecular complexity index is 455.